The van der Waals surface area contributed by atoms with E-state index in [1.54, 1.807) is 0 Å². The van der Waals surface area contributed by atoms with E-state index in [0.29, 0.717) is 23.5 Å². The summed E-state index contributed by atoms with van der Waals surface area (Å²) in [7, 11) is -1.54. The van der Waals surface area contributed by atoms with Gasteiger partial charge in [-0.25, -0.2) is 0 Å². The van der Waals surface area contributed by atoms with Gasteiger partial charge in [0.25, 0.3) is 0 Å². The number of aliphatic hydroxyl groups excluding tert-OH is 1. The zero-order chi connectivity index (χ0) is 15.9. The van der Waals surface area contributed by atoms with Gasteiger partial charge in [0.15, 0.2) is 8.32 Å². The Balaban J connectivity index is 1.96. The molecule has 1 N–H and O–H groups in total. The predicted molar refractivity (Wildman–Crippen MR) is 92.7 cm³/mol. The van der Waals surface area contributed by atoms with Gasteiger partial charge in [0.05, 0.1) is 0 Å². The zero-order valence-corrected chi connectivity index (χ0v) is 15.7. The Kier molecular flexibility index (Phi) is 7.46. The summed E-state index contributed by atoms with van der Waals surface area (Å²) in [6.45, 7) is 12.7. The first-order chi connectivity index (χ1) is 9.78. The van der Waals surface area contributed by atoms with E-state index >= 15 is 0 Å². The molecule has 0 aliphatic heterocycles. The van der Waals surface area contributed by atoms with Crippen LogP contribution in [0.1, 0.15) is 59.3 Å². The summed E-state index contributed by atoms with van der Waals surface area (Å²) < 4.78 is 6.17. The molecule has 0 radical (unpaired) electrons. The fourth-order valence-corrected chi connectivity index (χ4v) is 3.13. The highest BCUT2D eigenvalue weighted by Gasteiger charge is 2.36. The van der Waals surface area contributed by atoms with Gasteiger partial charge in [0.1, 0.15) is 0 Å². The van der Waals surface area contributed by atoms with E-state index in [0.717, 1.165) is 19.4 Å². The average Bonchev–Trinajstić information content (AvgIpc) is 3.14. The Hall–Kier alpha value is -0.303. The van der Waals surface area contributed by atoms with Crippen LogP contribution in [0.4, 0.5) is 0 Å². The molecule has 1 aliphatic carbocycles. The van der Waals surface area contributed by atoms with Gasteiger partial charge in [-0.05, 0) is 43.3 Å². The zero-order valence-electron chi connectivity index (χ0n) is 14.7. The molecule has 1 aliphatic rings. The molecule has 0 unspecified atom stereocenters. The minimum absolute atomic E-state index is 0.313. The van der Waals surface area contributed by atoms with Gasteiger partial charge in [0.2, 0.25) is 0 Å². The molecular weight excluding hydrogens is 276 g/mol. The van der Waals surface area contributed by atoms with Gasteiger partial charge in [-0.15, -0.1) is 5.92 Å². The van der Waals surface area contributed by atoms with Crippen LogP contribution in [0.2, 0.25) is 18.1 Å². The molecule has 0 aromatic heterocycles. The van der Waals surface area contributed by atoms with Gasteiger partial charge in [-0.2, -0.15) is 0 Å². The summed E-state index contributed by atoms with van der Waals surface area (Å²) in [6.07, 6.45) is 6.99. The van der Waals surface area contributed by atoms with Crippen LogP contribution in [0.5, 0.6) is 0 Å². The maximum absolute atomic E-state index is 8.93. The first-order valence-corrected chi connectivity index (χ1v) is 11.4. The Morgan fingerprint density at radius 2 is 1.81 bits per heavy atom. The first-order valence-electron chi connectivity index (χ1n) is 8.51. The average molecular weight is 311 g/mol. The molecule has 0 bridgehead atoms. The topological polar surface area (TPSA) is 29.5 Å². The Morgan fingerprint density at radius 1 is 1.14 bits per heavy atom. The Morgan fingerprint density at radius 3 is 2.38 bits per heavy atom. The fraction of sp³-hybridized carbons (Fsp3) is 0.889. The van der Waals surface area contributed by atoms with Crippen molar-refractivity contribution in [3.8, 4) is 11.8 Å². The number of unbranched alkanes of at least 4 members (excludes halogenated alkanes) is 4. The second kappa shape index (κ2) is 8.36. The lowest BCUT2D eigenvalue weighted by molar-refractivity contribution is 0.273. The van der Waals surface area contributed by atoms with E-state index in [2.05, 4.69) is 45.7 Å². The third kappa shape index (κ3) is 6.99. The molecule has 0 spiro atoms. The maximum atomic E-state index is 8.93. The number of hydrogen-bond donors (Lipinski definition) is 1. The third-order valence-electron chi connectivity index (χ3n) is 4.91. The lowest BCUT2D eigenvalue weighted by Crippen LogP contribution is -2.40. The van der Waals surface area contributed by atoms with Crippen molar-refractivity contribution in [2.24, 2.45) is 11.8 Å². The van der Waals surface area contributed by atoms with Crippen molar-refractivity contribution in [3.63, 3.8) is 0 Å². The van der Waals surface area contributed by atoms with Crippen molar-refractivity contribution in [3.05, 3.63) is 0 Å². The van der Waals surface area contributed by atoms with Gasteiger partial charge in [-0.3, -0.25) is 0 Å². The van der Waals surface area contributed by atoms with E-state index in [-0.39, 0.29) is 0 Å². The molecule has 1 rings (SSSR count). The van der Waals surface area contributed by atoms with E-state index in [1.807, 2.05) is 0 Å². The van der Waals surface area contributed by atoms with Gasteiger partial charge < -0.3 is 9.53 Å². The van der Waals surface area contributed by atoms with Crippen molar-refractivity contribution in [2.45, 2.75) is 77.4 Å². The molecular formula is C18H34O2Si. The van der Waals surface area contributed by atoms with Crippen LogP contribution in [0.15, 0.2) is 0 Å². The van der Waals surface area contributed by atoms with E-state index in [4.69, 9.17) is 9.53 Å². The number of hydrogen-bond acceptors (Lipinski definition) is 2. The standard InChI is InChI=1S/C18H34O2Si/c1-18(2,3)21(4,5)20-13-11-9-7-6-8-10-12-16-14-17(16)15-19/h16-17,19H,6-9,11,13-15H2,1-5H3/t16-,17-/m1/s1. The minimum Gasteiger partial charge on any atom is -0.417 e. The second-order valence-corrected chi connectivity index (χ2v) is 12.7. The number of rotatable bonds is 8. The molecule has 21 heavy (non-hydrogen) atoms. The molecule has 0 heterocycles. The SMILES string of the molecule is CC(C)(C)[Si](C)(C)OCCCCCCC#C[C@@H]1C[C@@H]1CO. The lowest BCUT2D eigenvalue weighted by Gasteiger charge is -2.36. The first kappa shape index (κ1) is 18.7. The van der Waals surface area contributed by atoms with E-state index in [1.165, 1.54) is 25.7 Å². The highest BCUT2D eigenvalue weighted by Crippen LogP contribution is 2.37. The smallest absolute Gasteiger partial charge is 0.191 e. The third-order valence-corrected chi connectivity index (χ3v) is 9.45. The summed E-state index contributed by atoms with van der Waals surface area (Å²) in [5.41, 5.74) is 0. The highest BCUT2D eigenvalue weighted by atomic mass is 28.4. The molecule has 122 valence electrons. The summed E-state index contributed by atoms with van der Waals surface area (Å²) in [4.78, 5) is 0. The lowest BCUT2D eigenvalue weighted by atomic mass is 10.1. The van der Waals surface area contributed by atoms with Crippen molar-refractivity contribution < 1.29 is 9.53 Å². The quantitative estimate of drug-likeness (QED) is 0.403. The molecule has 0 saturated heterocycles. The van der Waals surface area contributed by atoms with Crippen LogP contribution in [0.25, 0.3) is 0 Å². The van der Waals surface area contributed by atoms with Crippen LogP contribution >= 0.6 is 0 Å². The maximum Gasteiger partial charge on any atom is 0.191 e. The number of aliphatic hydroxyl groups is 1. The van der Waals surface area contributed by atoms with Crippen molar-refractivity contribution in [1.29, 1.82) is 0 Å². The largest absolute Gasteiger partial charge is 0.417 e. The van der Waals surface area contributed by atoms with Crippen LogP contribution < -0.4 is 0 Å². The van der Waals surface area contributed by atoms with Crippen LogP contribution in [0.3, 0.4) is 0 Å². The fourth-order valence-electron chi connectivity index (χ4n) is 2.04. The van der Waals surface area contributed by atoms with E-state index in [9.17, 15) is 0 Å². The van der Waals surface area contributed by atoms with Crippen LogP contribution in [-0.4, -0.2) is 26.6 Å². The minimum atomic E-state index is -1.54. The molecule has 0 aromatic rings. The van der Waals surface area contributed by atoms with Crippen LogP contribution in [0, 0.1) is 23.7 Å². The summed E-state index contributed by atoms with van der Waals surface area (Å²) in [5.74, 6) is 7.50. The van der Waals surface area contributed by atoms with Crippen LogP contribution in [-0.2, 0) is 4.43 Å². The highest BCUT2D eigenvalue weighted by molar-refractivity contribution is 6.74. The van der Waals surface area contributed by atoms with Gasteiger partial charge in [-0.1, -0.05) is 39.5 Å². The normalized spacial score (nSPS) is 21.8. The van der Waals surface area contributed by atoms with Crippen molar-refractivity contribution in [2.75, 3.05) is 13.2 Å². The summed E-state index contributed by atoms with van der Waals surface area (Å²) in [5, 5.41) is 9.25. The Labute approximate surface area is 132 Å². The van der Waals surface area contributed by atoms with E-state index < -0.39 is 8.32 Å². The molecule has 0 amide bonds. The van der Waals surface area contributed by atoms with Crippen molar-refractivity contribution >= 4 is 8.32 Å². The monoisotopic (exact) mass is 310 g/mol. The second-order valence-electron chi connectivity index (χ2n) is 7.88. The van der Waals surface area contributed by atoms with Gasteiger partial charge >= 0.3 is 0 Å². The van der Waals surface area contributed by atoms with Crippen molar-refractivity contribution in [1.82, 2.24) is 0 Å². The molecule has 1 fully saturated rings. The Bertz CT molecular complexity index is 360. The van der Waals surface area contributed by atoms with Gasteiger partial charge in [0, 0.05) is 25.6 Å². The molecule has 0 aromatic carbocycles. The molecule has 3 heteroatoms. The summed E-state index contributed by atoms with van der Waals surface area (Å²) >= 11 is 0. The molecule has 1 saturated carbocycles. The summed E-state index contributed by atoms with van der Waals surface area (Å²) in [6, 6.07) is 0. The molecule has 2 atom stereocenters. The predicted octanol–water partition coefficient (Wildman–Crippen LogP) is 4.59. The molecule has 2 nitrogen and oxygen atoms in total.